The van der Waals surface area contributed by atoms with Crippen LogP contribution in [0.25, 0.3) is 16.5 Å². The van der Waals surface area contributed by atoms with E-state index >= 15 is 0 Å². The molecule has 2 rings (SSSR count). The smallest absolute Gasteiger partial charge is 0.123 e. The van der Waals surface area contributed by atoms with Crippen LogP contribution in [0.3, 0.4) is 0 Å². The van der Waals surface area contributed by atoms with Gasteiger partial charge in [0.25, 0.3) is 0 Å². The average Bonchev–Trinajstić information content (AvgIpc) is 2.85. The van der Waals surface area contributed by atoms with Gasteiger partial charge in [-0.2, -0.15) is 0 Å². The van der Waals surface area contributed by atoms with Crippen LogP contribution in [0, 0.1) is 11.7 Å². The van der Waals surface area contributed by atoms with Crippen LogP contribution >= 0.6 is 11.3 Å². The molecular weight excluding hydrogens is 257 g/mol. The summed E-state index contributed by atoms with van der Waals surface area (Å²) in [7, 11) is 0. The number of benzene rings is 1. The van der Waals surface area contributed by atoms with Crippen molar-refractivity contribution in [2.75, 3.05) is 6.54 Å². The Kier molecular flexibility index (Phi) is 4.51. The minimum absolute atomic E-state index is 0.203. The van der Waals surface area contributed by atoms with Gasteiger partial charge in [0.1, 0.15) is 5.82 Å². The topological polar surface area (TPSA) is 26.0 Å². The Hall–Kier alpha value is -1.45. The van der Waals surface area contributed by atoms with Gasteiger partial charge in [0.15, 0.2) is 0 Å². The second-order valence-electron chi connectivity index (χ2n) is 4.79. The first kappa shape index (κ1) is 14.0. The van der Waals surface area contributed by atoms with Crippen molar-refractivity contribution in [3.8, 4) is 10.4 Å². The Morgan fingerprint density at radius 3 is 2.47 bits per heavy atom. The van der Waals surface area contributed by atoms with Crippen molar-refractivity contribution in [1.82, 2.24) is 0 Å². The van der Waals surface area contributed by atoms with Crippen LogP contribution in [-0.2, 0) is 0 Å². The van der Waals surface area contributed by atoms with Gasteiger partial charge in [-0.25, -0.2) is 4.39 Å². The van der Waals surface area contributed by atoms with E-state index in [9.17, 15) is 4.39 Å². The lowest BCUT2D eigenvalue weighted by atomic mass is 10.0. The lowest BCUT2D eigenvalue weighted by Crippen LogP contribution is -2.07. The van der Waals surface area contributed by atoms with Gasteiger partial charge in [-0.1, -0.05) is 31.6 Å². The molecule has 0 bridgehead atoms. The molecule has 19 heavy (non-hydrogen) atoms. The van der Waals surface area contributed by atoms with Crippen molar-refractivity contribution >= 4 is 17.4 Å². The molecule has 0 aliphatic heterocycles. The van der Waals surface area contributed by atoms with Crippen molar-refractivity contribution < 1.29 is 4.39 Å². The van der Waals surface area contributed by atoms with Gasteiger partial charge >= 0.3 is 0 Å². The van der Waals surface area contributed by atoms with E-state index in [0.29, 0.717) is 12.5 Å². The van der Waals surface area contributed by atoms with Crippen LogP contribution < -0.4 is 5.73 Å². The number of rotatable bonds is 4. The van der Waals surface area contributed by atoms with Crippen LogP contribution in [0.2, 0.25) is 0 Å². The Morgan fingerprint density at radius 1 is 1.21 bits per heavy atom. The van der Waals surface area contributed by atoms with Crippen LogP contribution in [0.5, 0.6) is 0 Å². The summed E-state index contributed by atoms with van der Waals surface area (Å²) in [5, 5.41) is 0. The maximum Gasteiger partial charge on any atom is 0.123 e. The first-order chi connectivity index (χ1) is 9.10. The summed E-state index contributed by atoms with van der Waals surface area (Å²) in [6, 6.07) is 10.7. The molecule has 100 valence electrons. The SMILES string of the molecule is CC(C)C(=Cc1ccc(-c2ccc(F)cc2)s1)CN. The van der Waals surface area contributed by atoms with Gasteiger partial charge in [-0.3, -0.25) is 0 Å². The monoisotopic (exact) mass is 275 g/mol. The fourth-order valence-corrected chi connectivity index (χ4v) is 2.83. The molecule has 0 saturated carbocycles. The van der Waals surface area contributed by atoms with E-state index in [2.05, 4.69) is 32.1 Å². The largest absolute Gasteiger partial charge is 0.327 e. The molecule has 0 unspecified atom stereocenters. The van der Waals surface area contributed by atoms with Crippen LogP contribution in [0.15, 0.2) is 42.0 Å². The molecule has 0 amide bonds. The molecule has 0 radical (unpaired) electrons. The summed E-state index contributed by atoms with van der Waals surface area (Å²) < 4.78 is 12.9. The molecule has 2 aromatic rings. The van der Waals surface area contributed by atoms with Gasteiger partial charge in [0.2, 0.25) is 0 Å². The number of thiophene rings is 1. The highest BCUT2D eigenvalue weighted by atomic mass is 32.1. The summed E-state index contributed by atoms with van der Waals surface area (Å²) in [5.74, 6) is 0.257. The highest BCUT2D eigenvalue weighted by molar-refractivity contribution is 7.16. The molecule has 1 aromatic heterocycles. The summed E-state index contributed by atoms with van der Waals surface area (Å²) in [6.45, 7) is 4.88. The zero-order valence-electron chi connectivity index (χ0n) is 11.2. The van der Waals surface area contributed by atoms with Crippen LogP contribution in [0.1, 0.15) is 18.7 Å². The van der Waals surface area contributed by atoms with E-state index in [1.807, 2.05) is 0 Å². The van der Waals surface area contributed by atoms with Gasteiger partial charge in [-0.05, 0) is 41.8 Å². The van der Waals surface area contributed by atoms with E-state index in [1.54, 1.807) is 23.5 Å². The third-order valence-electron chi connectivity index (χ3n) is 3.06. The Balaban J connectivity index is 2.26. The second kappa shape index (κ2) is 6.13. The number of nitrogens with two attached hydrogens (primary N) is 1. The second-order valence-corrected chi connectivity index (χ2v) is 5.90. The molecule has 0 spiro atoms. The zero-order chi connectivity index (χ0) is 13.8. The lowest BCUT2D eigenvalue weighted by molar-refractivity contribution is 0.628. The molecule has 0 saturated heterocycles. The van der Waals surface area contributed by atoms with Crippen molar-refractivity contribution in [2.45, 2.75) is 13.8 Å². The molecule has 1 heterocycles. The van der Waals surface area contributed by atoms with Crippen molar-refractivity contribution in [2.24, 2.45) is 11.7 Å². The molecule has 1 nitrogen and oxygen atoms in total. The normalized spacial score (nSPS) is 12.2. The molecular formula is C16H18FNS. The van der Waals surface area contributed by atoms with Crippen molar-refractivity contribution in [3.05, 3.63) is 52.7 Å². The van der Waals surface area contributed by atoms with Crippen LogP contribution in [-0.4, -0.2) is 6.54 Å². The Morgan fingerprint density at radius 2 is 1.89 bits per heavy atom. The minimum atomic E-state index is -0.203. The fraction of sp³-hybridized carbons (Fsp3) is 0.250. The quantitative estimate of drug-likeness (QED) is 0.870. The molecule has 3 heteroatoms. The van der Waals surface area contributed by atoms with Crippen molar-refractivity contribution in [3.63, 3.8) is 0 Å². The first-order valence-corrected chi connectivity index (χ1v) is 7.18. The van der Waals surface area contributed by atoms with E-state index in [4.69, 9.17) is 5.73 Å². The Labute approximate surface area is 117 Å². The molecule has 0 atom stereocenters. The number of hydrogen-bond acceptors (Lipinski definition) is 2. The first-order valence-electron chi connectivity index (χ1n) is 6.36. The molecule has 0 fully saturated rings. The van der Waals surface area contributed by atoms with Gasteiger partial charge in [0, 0.05) is 16.3 Å². The van der Waals surface area contributed by atoms with Crippen LogP contribution in [0.4, 0.5) is 4.39 Å². The molecule has 0 aliphatic rings. The summed E-state index contributed by atoms with van der Waals surface area (Å²) >= 11 is 1.70. The summed E-state index contributed by atoms with van der Waals surface area (Å²) in [5.41, 5.74) is 8.04. The van der Waals surface area contributed by atoms with E-state index < -0.39 is 0 Å². The van der Waals surface area contributed by atoms with E-state index in [1.165, 1.54) is 22.6 Å². The third-order valence-corrected chi connectivity index (χ3v) is 4.14. The molecule has 2 N–H and O–H groups in total. The lowest BCUT2D eigenvalue weighted by Gasteiger charge is -2.07. The summed E-state index contributed by atoms with van der Waals surface area (Å²) in [4.78, 5) is 2.33. The number of halogens is 1. The third kappa shape index (κ3) is 3.52. The maximum absolute atomic E-state index is 12.9. The molecule has 0 aliphatic carbocycles. The average molecular weight is 275 g/mol. The zero-order valence-corrected chi connectivity index (χ0v) is 12.0. The van der Waals surface area contributed by atoms with Gasteiger partial charge in [0.05, 0.1) is 0 Å². The van der Waals surface area contributed by atoms with Gasteiger partial charge in [-0.15, -0.1) is 11.3 Å². The minimum Gasteiger partial charge on any atom is -0.327 e. The maximum atomic E-state index is 12.9. The molecule has 1 aromatic carbocycles. The van der Waals surface area contributed by atoms with E-state index in [-0.39, 0.29) is 5.82 Å². The fourth-order valence-electron chi connectivity index (χ4n) is 1.84. The predicted molar refractivity (Wildman–Crippen MR) is 81.6 cm³/mol. The summed E-state index contributed by atoms with van der Waals surface area (Å²) in [6.07, 6.45) is 2.16. The Bertz CT molecular complexity index is 567. The van der Waals surface area contributed by atoms with Crippen molar-refractivity contribution in [1.29, 1.82) is 0 Å². The van der Waals surface area contributed by atoms with Gasteiger partial charge < -0.3 is 5.73 Å². The number of hydrogen-bond donors (Lipinski definition) is 1. The predicted octanol–water partition coefficient (Wildman–Crippen LogP) is 4.55. The highest BCUT2D eigenvalue weighted by Gasteiger charge is 2.05. The van der Waals surface area contributed by atoms with E-state index in [0.717, 1.165) is 10.4 Å². The standard InChI is InChI=1S/C16H18FNS/c1-11(2)13(10-18)9-15-7-8-16(19-15)12-3-5-14(17)6-4-12/h3-9,11H,10,18H2,1-2H3. The highest BCUT2D eigenvalue weighted by Crippen LogP contribution is 2.30.